The van der Waals surface area contributed by atoms with E-state index in [9.17, 15) is 0 Å². The van der Waals surface area contributed by atoms with Crippen molar-refractivity contribution in [1.29, 1.82) is 0 Å². The van der Waals surface area contributed by atoms with E-state index in [1.165, 1.54) is 31.0 Å². The van der Waals surface area contributed by atoms with Crippen LogP contribution in [0.25, 0.3) is 0 Å². The SMILES string of the molecule is Nc1nccc(Sc2cnc(N3CCC4(CCCC4N)CC3)cn2)c1Cl. The second-order valence-corrected chi connectivity index (χ2v) is 8.61. The summed E-state index contributed by atoms with van der Waals surface area (Å²) in [7, 11) is 0. The first-order valence-electron chi connectivity index (χ1n) is 8.98. The van der Waals surface area contributed by atoms with Crippen LogP contribution in [-0.2, 0) is 0 Å². The maximum Gasteiger partial charge on any atom is 0.147 e. The fraction of sp³-hybridized carbons (Fsp3) is 0.500. The summed E-state index contributed by atoms with van der Waals surface area (Å²) in [6, 6.07) is 2.19. The molecule has 4 rings (SSSR count). The molecule has 4 N–H and O–H groups in total. The van der Waals surface area contributed by atoms with Crippen LogP contribution < -0.4 is 16.4 Å². The van der Waals surface area contributed by atoms with Gasteiger partial charge in [0.2, 0.25) is 0 Å². The van der Waals surface area contributed by atoms with Crippen molar-refractivity contribution < 1.29 is 0 Å². The molecule has 2 aromatic rings. The number of nitrogen functional groups attached to an aromatic ring is 1. The number of halogens is 1. The number of anilines is 2. The molecule has 0 radical (unpaired) electrons. The minimum Gasteiger partial charge on any atom is -0.382 e. The number of rotatable bonds is 3. The van der Waals surface area contributed by atoms with E-state index in [-0.39, 0.29) is 0 Å². The molecule has 138 valence electrons. The van der Waals surface area contributed by atoms with Crippen LogP contribution in [0.4, 0.5) is 11.6 Å². The van der Waals surface area contributed by atoms with Gasteiger partial charge in [-0.2, -0.15) is 0 Å². The Balaban J connectivity index is 1.41. The summed E-state index contributed by atoms with van der Waals surface area (Å²) in [6.45, 7) is 2.00. The van der Waals surface area contributed by atoms with Crippen molar-refractivity contribution >= 4 is 35.0 Å². The maximum atomic E-state index is 6.37. The Labute approximate surface area is 162 Å². The van der Waals surface area contributed by atoms with Crippen LogP contribution in [0.15, 0.2) is 34.6 Å². The molecule has 1 atom stereocenters. The second-order valence-electron chi connectivity index (χ2n) is 7.17. The molecule has 3 heterocycles. The molecule has 0 bridgehead atoms. The van der Waals surface area contributed by atoms with Gasteiger partial charge in [0.1, 0.15) is 16.7 Å². The summed E-state index contributed by atoms with van der Waals surface area (Å²) >= 11 is 7.63. The van der Waals surface area contributed by atoms with E-state index in [1.54, 1.807) is 12.4 Å². The van der Waals surface area contributed by atoms with Gasteiger partial charge in [0.15, 0.2) is 0 Å². The van der Waals surface area contributed by atoms with E-state index in [4.69, 9.17) is 23.1 Å². The summed E-state index contributed by atoms with van der Waals surface area (Å²) in [5, 5.41) is 1.24. The summed E-state index contributed by atoms with van der Waals surface area (Å²) in [6.07, 6.45) is 11.3. The Morgan fingerprint density at radius 3 is 2.62 bits per heavy atom. The van der Waals surface area contributed by atoms with E-state index in [2.05, 4.69) is 19.9 Å². The third-order valence-corrected chi connectivity index (χ3v) is 7.26. The van der Waals surface area contributed by atoms with Gasteiger partial charge in [0.25, 0.3) is 0 Å². The predicted molar refractivity (Wildman–Crippen MR) is 106 cm³/mol. The molecule has 2 aliphatic rings. The molecular formula is C18H23ClN6S. The molecule has 6 nitrogen and oxygen atoms in total. The molecule has 8 heteroatoms. The molecule has 1 spiro atoms. The van der Waals surface area contributed by atoms with E-state index in [1.807, 2.05) is 12.3 Å². The van der Waals surface area contributed by atoms with Gasteiger partial charge < -0.3 is 16.4 Å². The van der Waals surface area contributed by atoms with Crippen LogP contribution in [0, 0.1) is 5.41 Å². The zero-order valence-electron chi connectivity index (χ0n) is 14.6. The summed E-state index contributed by atoms with van der Waals surface area (Å²) < 4.78 is 0. The topological polar surface area (TPSA) is 94.0 Å². The first-order valence-corrected chi connectivity index (χ1v) is 10.2. The van der Waals surface area contributed by atoms with Gasteiger partial charge in [0, 0.05) is 30.2 Å². The fourth-order valence-corrected chi connectivity index (χ4v) is 5.11. The smallest absolute Gasteiger partial charge is 0.147 e. The first-order chi connectivity index (χ1) is 12.6. The third-order valence-electron chi connectivity index (χ3n) is 5.77. The Morgan fingerprint density at radius 2 is 1.96 bits per heavy atom. The molecule has 0 amide bonds. The second kappa shape index (κ2) is 7.21. The number of aromatic nitrogens is 3. The number of hydrogen-bond acceptors (Lipinski definition) is 7. The Hall–Kier alpha value is -1.57. The molecule has 2 fully saturated rings. The van der Waals surface area contributed by atoms with Crippen molar-refractivity contribution in [2.24, 2.45) is 11.1 Å². The van der Waals surface area contributed by atoms with Crippen LogP contribution in [-0.4, -0.2) is 34.1 Å². The highest BCUT2D eigenvalue weighted by Gasteiger charge is 2.42. The van der Waals surface area contributed by atoms with Crippen LogP contribution in [0.2, 0.25) is 5.02 Å². The lowest BCUT2D eigenvalue weighted by Gasteiger charge is -2.42. The van der Waals surface area contributed by atoms with Gasteiger partial charge in [-0.25, -0.2) is 15.0 Å². The molecule has 2 aromatic heterocycles. The lowest BCUT2D eigenvalue weighted by atomic mass is 9.74. The lowest BCUT2D eigenvalue weighted by molar-refractivity contribution is 0.197. The van der Waals surface area contributed by atoms with Gasteiger partial charge in [0.05, 0.1) is 17.4 Å². The van der Waals surface area contributed by atoms with E-state index in [0.717, 1.165) is 41.7 Å². The minimum absolute atomic E-state index is 0.327. The fourth-order valence-electron chi connectivity index (χ4n) is 4.13. The molecule has 1 aliphatic heterocycles. The quantitative estimate of drug-likeness (QED) is 0.829. The molecule has 1 aliphatic carbocycles. The highest BCUT2D eigenvalue weighted by Crippen LogP contribution is 2.45. The van der Waals surface area contributed by atoms with Crippen molar-refractivity contribution in [3.63, 3.8) is 0 Å². The van der Waals surface area contributed by atoms with Crippen LogP contribution in [0.1, 0.15) is 32.1 Å². The number of nitrogens with two attached hydrogens (primary N) is 2. The average molecular weight is 391 g/mol. The van der Waals surface area contributed by atoms with Gasteiger partial charge >= 0.3 is 0 Å². The molecule has 26 heavy (non-hydrogen) atoms. The van der Waals surface area contributed by atoms with Crippen LogP contribution >= 0.6 is 23.4 Å². The highest BCUT2D eigenvalue weighted by molar-refractivity contribution is 7.99. The molecule has 1 unspecified atom stereocenters. The van der Waals surface area contributed by atoms with Crippen molar-refractivity contribution in [1.82, 2.24) is 15.0 Å². The van der Waals surface area contributed by atoms with Crippen molar-refractivity contribution in [3.8, 4) is 0 Å². The summed E-state index contributed by atoms with van der Waals surface area (Å²) in [5.74, 6) is 1.25. The largest absolute Gasteiger partial charge is 0.382 e. The van der Waals surface area contributed by atoms with Gasteiger partial charge in [-0.3, -0.25) is 0 Å². The van der Waals surface area contributed by atoms with Crippen molar-refractivity contribution in [2.75, 3.05) is 23.7 Å². The average Bonchev–Trinajstić information content (AvgIpc) is 3.00. The predicted octanol–water partition coefficient (Wildman–Crippen LogP) is 3.36. The molecule has 1 saturated carbocycles. The third kappa shape index (κ3) is 3.35. The van der Waals surface area contributed by atoms with E-state index >= 15 is 0 Å². The van der Waals surface area contributed by atoms with Crippen molar-refractivity contribution in [2.45, 2.75) is 48.1 Å². The number of nitrogens with zero attached hydrogens (tertiary/aromatic N) is 4. The van der Waals surface area contributed by atoms with Crippen LogP contribution in [0.3, 0.4) is 0 Å². The van der Waals surface area contributed by atoms with Crippen LogP contribution in [0.5, 0.6) is 0 Å². The Morgan fingerprint density at radius 1 is 1.15 bits per heavy atom. The van der Waals surface area contributed by atoms with Crippen molar-refractivity contribution in [3.05, 3.63) is 29.7 Å². The number of pyridine rings is 1. The van der Waals surface area contributed by atoms with Gasteiger partial charge in [-0.1, -0.05) is 29.8 Å². The summed E-state index contributed by atoms with van der Waals surface area (Å²) in [4.78, 5) is 16.3. The Bertz CT molecular complexity index is 776. The summed E-state index contributed by atoms with van der Waals surface area (Å²) in [5.41, 5.74) is 12.5. The monoisotopic (exact) mass is 390 g/mol. The normalized spacial score (nSPS) is 22.1. The minimum atomic E-state index is 0.327. The molecule has 1 saturated heterocycles. The van der Waals surface area contributed by atoms with E-state index < -0.39 is 0 Å². The lowest BCUT2D eigenvalue weighted by Crippen LogP contribution is -2.47. The van der Waals surface area contributed by atoms with Gasteiger partial charge in [-0.05, 0) is 37.2 Å². The highest BCUT2D eigenvalue weighted by atomic mass is 35.5. The first kappa shape index (κ1) is 17.8. The molecular weight excluding hydrogens is 368 g/mol. The zero-order valence-corrected chi connectivity index (χ0v) is 16.1. The molecule has 0 aromatic carbocycles. The van der Waals surface area contributed by atoms with E-state index in [0.29, 0.717) is 22.3 Å². The van der Waals surface area contributed by atoms with Gasteiger partial charge in [-0.15, -0.1) is 0 Å². The zero-order chi connectivity index (χ0) is 18.1. The number of hydrogen-bond donors (Lipinski definition) is 2. The Kier molecular flexibility index (Phi) is 4.94. The number of piperidine rings is 1. The maximum absolute atomic E-state index is 6.37. The standard InChI is InChI=1S/C18H23ClN6S/c19-16-12(3-7-22-17(16)21)26-15-11-23-14(10-24-15)25-8-5-18(6-9-25)4-1-2-13(18)20/h3,7,10-11,13H,1-2,4-6,8-9,20H2,(H2,21,22).